The van der Waals surface area contributed by atoms with Crippen molar-refractivity contribution in [1.29, 1.82) is 0 Å². The Balaban J connectivity index is 1.72. The van der Waals surface area contributed by atoms with E-state index in [0.29, 0.717) is 5.82 Å². The molecule has 122 valence electrons. The number of anilines is 3. The molecule has 2 heterocycles. The summed E-state index contributed by atoms with van der Waals surface area (Å²) in [6, 6.07) is 3.29. The van der Waals surface area contributed by atoms with Crippen LogP contribution in [0.5, 0.6) is 0 Å². The maximum Gasteiger partial charge on any atom is 0.249 e. The quantitative estimate of drug-likeness (QED) is 0.930. The van der Waals surface area contributed by atoms with Gasteiger partial charge in [0.15, 0.2) is 5.82 Å². The fraction of sp³-hybridized carbons (Fsp3) is 0.400. The third kappa shape index (κ3) is 3.70. The van der Waals surface area contributed by atoms with Crippen LogP contribution in [0.15, 0.2) is 24.4 Å². The second-order valence-corrected chi connectivity index (χ2v) is 5.31. The summed E-state index contributed by atoms with van der Waals surface area (Å²) < 4.78 is 26.6. The summed E-state index contributed by atoms with van der Waals surface area (Å²) in [5.41, 5.74) is 0.112. The molecule has 23 heavy (non-hydrogen) atoms. The van der Waals surface area contributed by atoms with Gasteiger partial charge >= 0.3 is 0 Å². The lowest BCUT2D eigenvalue weighted by Crippen LogP contribution is -2.46. The van der Waals surface area contributed by atoms with Crippen molar-refractivity contribution in [3.63, 3.8) is 0 Å². The van der Waals surface area contributed by atoms with Crippen LogP contribution in [-0.2, 0) is 0 Å². The van der Waals surface area contributed by atoms with Crippen LogP contribution in [0, 0.1) is 11.6 Å². The zero-order chi connectivity index (χ0) is 16.2. The minimum Gasteiger partial charge on any atom is -0.353 e. The van der Waals surface area contributed by atoms with Crippen molar-refractivity contribution in [3.8, 4) is 0 Å². The average molecular weight is 320 g/mol. The fourth-order valence-corrected chi connectivity index (χ4v) is 2.50. The second kappa shape index (κ2) is 6.82. The highest BCUT2D eigenvalue weighted by atomic mass is 19.1. The molecule has 0 radical (unpaired) electrons. The Morgan fingerprint density at radius 1 is 1.17 bits per heavy atom. The van der Waals surface area contributed by atoms with Gasteiger partial charge in [-0.2, -0.15) is 10.1 Å². The number of aromatic nitrogens is 3. The number of hydrogen-bond acceptors (Lipinski definition) is 6. The molecule has 1 aliphatic rings. The van der Waals surface area contributed by atoms with E-state index in [2.05, 4.69) is 37.2 Å². The van der Waals surface area contributed by atoms with Crippen molar-refractivity contribution < 1.29 is 8.78 Å². The normalized spacial score (nSPS) is 15.7. The number of piperazine rings is 1. The van der Waals surface area contributed by atoms with Gasteiger partial charge in [-0.25, -0.2) is 8.78 Å². The second-order valence-electron chi connectivity index (χ2n) is 5.31. The summed E-state index contributed by atoms with van der Waals surface area (Å²) in [4.78, 5) is 8.85. The molecule has 8 heteroatoms. The van der Waals surface area contributed by atoms with Crippen LogP contribution in [0.1, 0.15) is 6.92 Å². The highest BCUT2D eigenvalue weighted by molar-refractivity contribution is 5.55. The monoisotopic (exact) mass is 320 g/mol. The van der Waals surface area contributed by atoms with Crippen LogP contribution in [-0.4, -0.2) is 52.8 Å². The molecule has 1 saturated heterocycles. The molecule has 3 rings (SSSR count). The van der Waals surface area contributed by atoms with Crippen molar-refractivity contribution in [2.75, 3.05) is 42.9 Å². The molecular formula is C15H18F2N6. The highest BCUT2D eigenvalue weighted by Gasteiger charge is 2.17. The van der Waals surface area contributed by atoms with Gasteiger partial charge < -0.3 is 15.1 Å². The van der Waals surface area contributed by atoms with Crippen LogP contribution in [0.25, 0.3) is 0 Å². The average Bonchev–Trinajstić information content (AvgIpc) is 2.58. The van der Waals surface area contributed by atoms with Crippen LogP contribution < -0.4 is 10.2 Å². The van der Waals surface area contributed by atoms with Gasteiger partial charge in [-0.15, -0.1) is 5.10 Å². The van der Waals surface area contributed by atoms with Crippen LogP contribution >= 0.6 is 0 Å². The summed E-state index contributed by atoms with van der Waals surface area (Å²) in [7, 11) is 0. The Bertz CT molecular complexity index is 673. The summed E-state index contributed by atoms with van der Waals surface area (Å²) in [5, 5.41) is 10.5. The van der Waals surface area contributed by atoms with Crippen LogP contribution in [0.2, 0.25) is 0 Å². The lowest BCUT2D eigenvalue weighted by Gasteiger charge is -2.34. The third-order valence-electron chi connectivity index (χ3n) is 3.87. The molecule has 6 nitrogen and oxygen atoms in total. The molecule has 0 saturated carbocycles. The molecule has 0 spiro atoms. The van der Waals surface area contributed by atoms with Gasteiger partial charge in [0.25, 0.3) is 0 Å². The lowest BCUT2D eigenvalue weighted by molar-refractivity contribution is 0.270. The van der Waals surface area contributed by atoms with E-state index in [1.54, 1.807) is 6.20 Å². The first-order chi connectivity index (χ1) is 11.2. The molecule has 1 aromatic carbocycles. The Labute approximate surface area is 133 Å². The van der Waals surface area contributed by atoms with Gasteiger partial charge in [0, 0.05) is 32.2 Å². The summed E-state index contributed by atoms with van der Waals surface area (Å²) in [6.07, 6.45) is 1.59. The first-order valence-corrected chi connectivity index (χ1v) is 7.55. The van der Waals surface area contributed by atoms with E-state index in [9.17, 15) is 8.78 Å². The van der Waals surface area contributed by atoms with Crippen molar-refractivity contribution in [3.05, 3.63) is 36.0 Å². The minimum atomic E-state index is -0.699. The first kappa shape index (κ1) is 15.5. The van der Waals surface area contributed by atoms with E-state index in [1.165, 1.54) is 12.1 Å². The van der Waals surface area contributed by atoms with Gasteiger partial charge in [0.2, 0.25) is 5.95 Å². The van der Waals surface area contributed by atoms with E-state index in [0.717, 1.165) is 38.8 Å². The van der Waals surface area contributed by atoms with Crippen LogP contribution in [0.3, 0.4) is 0 Å². The molecule has 0 unspecified atom stereocenters. The predicted octanol–water partition coefficient (Wildman–Crippen LogP) is 2.04. The smallest absolute Gasteiger partial charge is 0.249 e. The molecule has 1 N–H and O–H groups in total. The van der Waals surface area contributed by atoms with E-state index in [-0.39, 0.29) is 11.6 Å². The number of halogens is 2. The van der Waals surface area contributed by atoms with Gasteiger partial charge in [-0.05, 0) is 18.7 Å². The van der Waals surface area contributed by atoms with Crippen molar-refractivity contribution in [2.24, 2.45) is 0 Å². The predicted molar refractivity (Wildman–Crippen MR) is 83.8 cm³/mol. The molecule has 1 aromatic heterocycles. The van der Waals surface area contributed by atoms with Crippen molar-refractivity contribution in [2.45, 2.75) is 6.92 Å². The molecule has 1 aliphatic heterocycles. The molecular weight excluding hydrogens is 302 g/mol. The SMILES string of the molecule is CCN1CCN(c2cnnc(Nc3ccc(F)cc3F)n2)CC1. The molecule has 0 bridgehead atoms. The number of nitrogens with zero attached hydrogens (tertiary/aromatic N) is 5. The Morgan fingerprint density at radius 2 is 1.96 bits per heavy atom. The number of rotatable bonds is 4. The number of benzene rings is 1. The zero-order valence-electron chi connectivity index (χ0n) is 12.8. The number of hydrogen-bond donors (Lipinski definition) is 1. The van der Waals surface area contributed by atoms with E-state index in [4.69, 9.17) is 0 Å². The van der Waals surface area contributed by atoms with E-state index < -0.39 is 11.6 Å². The zero-order valence-corrected chi connectivity index (χ0v) is 12.8. The molecule has 0 atom stereocenters. The Kier molecular flexibility index (Phi) is 4.61. The maximum atomic E-state index is 13.7. The van der Waals surface area contributed by atoms with Gasteiger partial charge in [-0.3, -0.25) is 0 Å². The maximum absolute atomic E-state index is 13.7. The Morgan fingerprint density at radius 3 is 2.65 bits per heavy atom. The Hall–Kier alpha value is -2.35. The van der Waals surface area contributed by atoms with Crippen molar-refractivity contribution >= 4 is 17.5 Å². The number of nitrogens with one attached hydrogen (secondary N) is 1. The highest BCUT2D eigenvalue weighted by Crippen LogP contribution is 2.20. The van der Waals surface area contributed by atoms with Gasteiger partial charge in [0.05, 0.1) is 11.9 Å². The molecule has 0 amide bonds. The topological polar surface area (TPSA) is 57.2 Å². The van der Waals surface area contributed by atoms with Crippen LogP contribution in [0.4, 0.5) is 26.2 Å². The number of likely N-dealkylation sites (N-methyl/N-ethyl adjacent to an activating group) is 1. The lowest BCUT2D eigenvalue weighted by atomic mass is 10.3. The summed E-state index contributed by atoms with van der Waals surface area (Å²) >= 11 is 0. The standard InChI is InChI=1S/C15H18F2N6/c1-2-22-5-7-23(8-6-22)14-10-18-21-15(20-14)19-13-4-3-11(16)9-12(13)17/h3-4,9-10H,2,5-8H2,1H3,(H,19,20,21). The molecule has 2 aromatic rings. The third-order valence-corrected chi connectivity index (χ3v) is 3.87. The molecule has 1 fully saturated rings. The largest absolute Gasteiger partial charge is 0.353 e. The van der Waals surface area contributed by atoms with Crippen molar-refractivity contribution in [1.82, 2.24) is 20.1 Å². The molecule has 0 aliphatic carbocycles. The van der Waals surface area contributed by atoms with Gasteiger partial charge in [0.1, 0.15) is 11.6 Å². The summed E-state index contributed by atoms with van der Waals surface area (Å²) in [5.74, 6) is -0.447. The first-order valence-electron chi connectivity index (χ1n) is 7.55. The summed E-state index contributed by atoms with van der Waals surface area (Å²) in [6.45, 7) is 6.83. The minimum absolute atomic E-state index is 0.112. The van der Waals surface area contributed by atoms with E-state index in [1.807, 2.05) is 0 Å². The van der Waals surface area contributed by atoms with E-state index >= 15 is 0 Å². The fourth-order valence-electron chi connectivity index (χ4n) is 2.50. The van der Waals surface area contributed by atoms with Gasteiger partial charge in [-0.1, -0.05) is 6.92 Å².